The van der Waals surface area contributed by atoms with Crippen LogP contribution < -0.4 is 0 Å². The number of esters is 2. The Balaban J connectivity index is 1.85. The highest BCUT2D eigenvalue weighted by Gasteiger charge is 2.58. The van der Waals surface area contributed by atoms with Crippen molar-refractivity contribution in [2.75, 3.05) is 7.11 Å². The third-order valence-corrected chi connectivity index (χ3v) is 6.54. The Bertz CT molecular complexity index is 1330. The molecule has 0 spiro atoms. The molecular weight excluding hydrogens is 475 g/mol. The van der Waals surface area contributed by atoms with E-state index in [9.17, 15) is 23.6 Å². The van der Waals surface area contributed by atoms with Crippen molar-refractivity contribution in [2.45, 2.75) is 44.8 Å². The number of imide groups is 1. The minimum atomic E-state index is -2.31. The molecule has 2 heterocycles. The van der Waals surface area contributed by atoms with Crippen LogP contribution in [0.4, 0.5) is 4.39 Å². The number of nitrogens with zero attached hydrogens (tertiary/aromatic N) is 2. The SMILES string of the molecule is COC(=O)C1(CC(=O)OC(C)(C)C)C(=O)N(Cc2nc3ccccc3s2)C(=O)c2ccc(F)cc21. The van der Waals surface area contributed by atoms with Crippen molar-refractivity contribution < 1.29 is 33.0 Å². The van der Waals surface area contributed by atoms with Crippen molar-refractivity contribution in [3.8, 4) is 0 Å². The summed E-state index contributed by atoms with van der Waals surface area (Å²) in [5.41, 5.74) is -2.83. The van der Waals surface area contributed by atoms with Crippen LogP contribution in [-0.4, -0.2) is 46.3 Å². The van der Waals surface area contributed by atoms with Crippen LogP contribution in [0.15, 0.2) is 42.5 Å². The van der Waals surface area contributed by atoms with Crippen molar-refractivity contribution in [1.82, 2.24) is 9.88 Å². The molecule has 1 aromatic heterocycles. The maximum Gasteiger partial charge on any atom is 0.326 e. The molecule has 0 bridgehead atoms. The van der Waals surface area contributed by atoms with Crippen LogP contribution in [0.5, 0.6) is 0 Å². The molecule has 1 unspecified atom stereocenters. The number of hydrogen-bond acceptors (Lipinski definition) is 8. The number of thiazole rings is 1. The summed E-state index contributed by atoms with van der Waals surface area (Å²) >= 11 is 1.29. The predicted molar refractivity (Wildman–Crippen MR) is 125 cm³/mol. The molecule has 0 aliphatic carbocycles. The Morgan fingerprint density at radius 1 is 1.14 bits per heavy atom. The summed E-state index contributed by atoms with van der Waals surface area (Å²) in [5, 5.41) is 0.453. The Morgan fingerprint density at radius 2 is 1.86 bits per heavy atom. The molecule has 35 heavy (non-hydrogen) atoms. The van der Waals surface area contributed by atoms with Crippen LogP contribution in [-0.2, 0) is 35.8 Å². The fraction of sp³-hybridized carbons (Fsp3) is 0.320. The first-order chi connectivity index (χ1) is 16.5. The number of halogens is 1. The lowest BCUT2D eigenvalue weighted by molar-refractivity contribution is -0.167. The van der Waals surface area contributed by atoms with E-state index in [1.54, 1.807) is 26.8 Å². The summed E-state index contributed by atoms with van der Waals surface area (Å²) < 4.78 is 25.5. The van der Waals surface area contributed by atoms with Gasteiger partial charge in [0.25, 0.3) is 11.8 Å². The quantitative estimate of drug-likeness (QED) is 0.300. The molecule has 4 rings (SSSR count). The molecule has 8 nitrogen and oxygen atoms in total. The number of aromatic nitrogens is 1. The van der Waals surface area contributed by atoms with Crippen molar-refractivity contribution in [3.05, 3.63) is 64.4 Å². The number of hydrogen-bond donors (Lipinski definition) is 0. The first-order valence-electron chi connectivity index (χ1n) is 10.8. The number of carbonyl (C=O) groups excluding carboxylic acids is 4. The van der Waals surface area contributed by atoms with E-state index < -0.39 is 47.0 Å². The van der Waals surface area contributed by atoms with Crippen molar-refractivity contribution in [3.63, 3.8) is 0 Å². The number of ether oxygens (including phenoxy) is 2. The molecule has 0 saturated heterocycles. The van der Waals surface area contributed by atoms with E-state index in [4.69, 9.17) is 9.47 Å². The second-order valence-electron chi connectivity index (χ2n) is 9.12. The zero-order valence-corrected chi connectivity index (χ0v) is 20.4. The number of amides is 2. The third kappa shape index (κ3) is 4.41. The highest BCUT2D eigenvalue weighted by molar-refractivity contribution is 7.18. The van der Waals surface area contributed by atoms with Crippen molar-refractivity contribution in [1.29, 1.82) is 0 Å². The molecule has 0 radical (unpaired) electrons. The van der Waals surface area contributed by atoms with Crippen molar-refractivity contribution in [2.24, 2.45) is 0 Å². The Morgan fingerprint density at radius 3 is 2.51 bits per heavy atom. The molecule has 3 aromatic rings. The first-order valence-corrected chi connectivity index (χ1v) is 11.6. The molecule has 0 N–H and O–H groups in total. The maximum absolute atomic E-state index is 14.3. The molecule has 2 aromatic carbocycles. The largest absolute Gasteiger partial charge is 0.468 e. The number of carbonyl (C=O) groups is 4. The van der Waals surface area contributed by atoms with Gasteiger partial charge in [0, 0.05) is 5.56 Å². The summed E-state index contributed by atoms with van der Waals surface area (Å²) in [6.45, 7) is 4.67. The standard InChI is InChI=1S/C25H23FN2O6S/c1-24(2,3)34-20(29)12-25(23(32)33-4)16-11-14(26)9-10-15(16)21(30)28(22(25)31)13-19-27-17-7-5-6-8-18(17)35-19/h5-11H,12-13H2,1-4H3. The van der Waals surface area contributed by atoms with Crippen LogP contribution in [0.25, 0.3) is 10.2 Å². The smallest absolute Gasteiger partial charge is 0.326 e. The van der Waals surface area contributed by atoms with E-state index in [1.807, 2.05) is 18.2 Å². The first kappa shape index (κ1) is 24.5. The van der Waals surface area contributed by atoms with E-state index in [0.717, 1.165) is 28.8 Å². The van der Waals surface area contributed by atoms with Gasteiger partial charge in [0.2, 0.25) is 0 Å². The average molecular weight is 499 g/mol. The summed E-state index contributed by atoms with van der Waals surface area (Å²) in [6.07, 6.45) is -0.768. The predicted octanol–water partition coefficient (Wildman–Crippen LogP) is 3.76. The average Bonchev–Trinajstić information content (AvgIpc) is 3.20. The van der Waals surface area contributed by atoms with Gasteiger partial charge in [-0.05, 0) is 56.7 Å². The maximum atomic E-state index is 14.3. The van der Waals surface area contributed by atoms with Gasteiger partial charge in [-0.25, -0.2) is 9.37 Å². The molecule has 182 valence electrons. The van der Waals surface area contributed by atoms with Gasteiger partial charge in [-0.1, -0.05) is 12.1 Å². The molecule has 0 fully saturated rings. The van der Waals surface area contributed by atoms with E-state index in [1.165, 1.54) is 17.4 Å². The highest BCUT2D eigenvalue weighted by Crippen LogP contribution is 2.41. The van der Waals surface area contributed by atoms with Crippen LogP contribution in [0.3, 0.4) is 0 Å². The molecule has 1 aliphatic rings. The normalized spacial score (nSPS) is 17.9. The third-order valence-electron chi connectivity index (χ3n) is 5.52. The van der Waals surface area contributed by atoms with Crippen LogP contribution in [0.1, 0.15) is 48.1 Å². The Labute approximate surface area is 204 Å². The molecule has 0 saturated carbocycles. The number of rotatable bonds is 5. The summed E-state index contributed by atoms with van der Waals surface area (Å²) in [5.74, 6) is -4.48. The zero-order chi connectivity index (χ0) is 25.5. The lowest BCUT2D eigenvalue weighted by atomic mass is 9.71. The van der Waals surface area contributed by atoms with Crippen LogP contribution in [0.2, 0.25) is 0 Å². The number of benzene rings is 2. The minimum absolute atomic E-state index is 0.0823. The van der Waals surface area contributed by atoms with Gasteiger partial charge in [-0.3, -0.25) is 24.1 Å². The van der Waals surface area contributed by atoms with E-state index >= 15 is 0 Å². The molecule has 1 atom stereocenters. The summed E-state index contributed by atoms with van der Waals surface area (Å²) in [6, 6.07) is 10.5. The van der Waals surface area contributed by atoms with Crippen LogP contribution >= 0.6 is 11.3 Å². The lowest BCUT2D eigenvalue weighted by Gasteiger charge is -2.39. The number of methoxy groups -OCH3 is 1. The van der Waals surface area contributed by atoms with Gasteiger partial charge < -0.3 is 9.47 Å². The zero-order valence-electron chi connectivity index (χ0n) is 19.6. The molecule has 1 aliphatic heterocycles. The Kier molecular flexibility index (Phi) is 6.18. The van der Waals surface area contributed by atoms with E-state index in [-0.39, 0.29) is 17.7 Å². The molecule has 2 amide bonds. The van der Waals surface area contributed by atoms with Gasteiger partial charge in [0.15, 0.2) is 5.41 Å². The van der Waals surface area contributed by atoms with E-state index in [2.05, 4.69) is 4.98 Å². The highest BCUT2D eigenvalue weighted by atomic mass is 32.1. The molecular formula is C25H23FN2O6S. The van der Waals surface area contributed by atoms with Crippen LogP contribution in [0, 0.1) is 5.82 Å². The fourth-order valence-corrected chi connectivity index (χ4v) is 5.07. The van der Waals surface area contributed by atoms with Gasteiger partial charge in [-0.15, -0.1) is 11.3 Å². The second-order valence-corrected chi connectivity index (χ2v) is 10.2. The number of para-hydroxylation sites is 1. The minimum Gasteiger partial charge on any atom is -0.468 e. The number of fused-ring (bicyclic) bond motifs is 2. The Hall–Kier alpha value is -3.66. The summed E-state index contributed by atoms with van der Waals surface area (Å²) in [7, 11) is 1.06. The lowest BCUT2D eigenvalue weighted by Crippen LogP contribution is -2.59. The van der Waals surface area contributed by atoms with Gasteiger partial charge >= 0.3 is 11.9 Å². The summed E-state index contributed by atoms with van der Waals surface area (Å²) in [4.78, 5) is 58.7. The topological polar surface area (TPSA) is 103 Å². The van der Waals surface area contributed by atoms with Gasteiger partial charge in [0.05, 0.1) is 30.3 Å². The fourth-order valence-electron chi connectivity index (χ4n) is 4.11. The van der Waals surface area contributed by atoms with Gasteiger partial charge in [0.1, 0.15) is 16.4 Å². The molecule has 10 heteroatoms. The monoisotopic (exact) mass is 498 g/mol. The van der Waals surface area contributed by atoms with E-state index in [0.29, 0.717) is 10.5 Å². The van der Waals surface area contributed by atoms with Crippen molar-refractivity contribution >= 4 is 45.3 Å². The van der Waals surface area contributed by atoms with Gasteiger partial charge in [-0.2, -0.15) is 0 Å². The second kappa shape index (κ2) is 8.84.